The van der Waals surface area contributed by atoms with Crippen LogP contribution in [0.1, 0.15) is 6.92 Å². The van der Waals surface area contributed by atoms with Crippen molar-refractivity contribution in [1.29, 1.82) is 0 Å². The van der Waals surface area contributed by atoms with Crippen molar-refractivity contribution < 1.29 is 4.74 Å². The first-order valence-corrected chi connectivity index (χ1v) is 5.80. The van der Waals surface area contributed by atoms with Crippen LogP contribution in [0.4, 0.5) is 5.69 Å². The summed E-state index contributed by atoms with van der Waals surface area (Å²) in [5, 5.41) is 3.21. The second kappa shape index (κ2) is 3.66. The molecule has 1 aliphatic heterocycles. The molecule has 74 valence electrons. The number of alkyl halides is 1. The molecular weight excluding hydrogens is 309 g/mol. The van der Waals surface area contributed by atoms with Crippen molar-refractivity contribution in [1.82, 2.24) is 0 Å². The van der Waals surface area contributed by atoms with Crippen LogP contribution in [-0.4, -0.2) is 15.0 Å². The van der Waals surface area contributed by atoms with E-state index in [0.717, 1.165) is 16.4 Å². The van der Waals surface area contributed by atoms with Crippen LogP contribution in [0.15, 0.2) is 24.3 Å². The number of anilines is 1. The van der Waals surface area contributed by atoms with E-state index in [0.29, 0.717) is 6.61 Å². The molecule has 0 aliphatic carbocycles. The van der Waals surface area contributed by atoms with Crippen LogP contribution in [0.2, 0.25) is 0 Å². The summed E-state index contributed by atoms with van der Waals surface area (Å²) in [6, 6.07) is 7.84. The fraction of sp³-hybridized carbons (Fsp3) is 0.300. The van der Waals surface area contributed by atoms with Gasteiger partial charge in [0.1, 0.15) is 15.8 Å². The smallest absolute Gasteiger partial charge is 0.142 e. The quantitative estimate of drug-likeness (QED) is 0.451. The van der Waals surface area contributed by atoms with Gasteiger partial charge < -0.3 is 10.1 Å². The first-order chi connectivity index (χ1) is 6.59. The highest BCUT2D eigenvalue weighted by atomic mass is 127. The summed E-state index contributed by atoms with van der Waals surface area (Å²) >= 11 is 7.62. The number of benzene rings is 1. The number of para-hydroxylation sites is 2. The third kappa shape index (κ3) is 1.86. The molecule has 0 radical (unpaired) electrons. The molecule has 0 saturated heterocycles. The molecule has 4 heteroatoms. The van der Waals surface area contributed by atoms with Crippen molar-refractivity contribution in [3.63, 3.8) is 0 Å². The Kier molecular flexibility index (Phi) is 2.66. The van der Waals surface area contributed by atoms with Gasteiger partial charge in [0.05, 0.1) is 10.7 Å². The van der Waals surface area contributed by atoms with E-state index in [1.807, 2.05) is 24.3 Å². The Morgan fingerprint density at radius 1 is 1.50 bits per heavy atom. The van der Waals surface area contributed by atoms with Gasteiger partial charge in [0.2, 0.25) is 0 Å². The highest BCUT2D eigenvalue weighted by molar-refractivity contribution is 14.1. The summed E-state index contributed by atoms with van der Waals surface area (Å²) in [7, 11) is 0. The van der Waals surface area contributed by atoms with Crippen molar-refractivity contribution >= 4 is 45.5 Å². The standard InChI is InChI=1S/C10H10INOS/c1-10(11)6-13-8-5-3-2-4-7(8)12-9(10)14/h2-5H,6H2,1H3,(H,12,14). The van der Waals surface area contributed by atoms with Gasteiger partial charge in [-0.25, -0.2) is 0 Å². The van der Waals surface area contributed by atoms with Gasteiger partial charge in [0.25, 0.3) is 0 Å². The van der Waals surface area contributed by atoms with Crippen molar-refractivity contribution in [3.8, 4) is 5.75 Å². The van der Waals surface area contributed by atoms with Crippen LogP contribution < -0.4 is 10.1 Å². The minimum Gasteiger partial charge on any atom is -0.490 e. The van der Waals surface area contributed by atoms with Crippen LogP contribution >= 0.6 is 34.8 Å². The average molecular weight is 319 g/mol. The third-order valence-corrected chi connectivity index (χ3v) is 3.88. The Labute approximate surface area is 102 Å². The molecule has 1 aromatic rings. The van der Waals surface area contributed by atoms with E-state index in [2.05, 4.69) is 34.8 Å². The van der Waals surface area contributed by atoms with Gasteiger partial charge in [-0.3, -0.25) is 0 Å². The molecule has 1 aromatic carbocycles. The van der Waals surface area contributed by atoms with Crippen LogP contribution in [0, 0.1) is 0 Å². The second-order valence-electron chi connectivity index (χ2n) is 3.44. The number of nitrogens with one attached hydrogen (secondary N) is 1. The summed E-state index contributed by atoms with van der Waals surface area (Å²) < 4.78 is 5.54. The normalized spacial score (nSPS) is 25.7. The Balaban J connectivity index is 2.38. The van der Waals surface area contributed by atoms with Gasteiger partial charge in [-0.05, 0) is 19.1 Å². The maximum Gasteiger partial charge on any atom is 0.142 e. The molecule has 1 unspecified atom stereocenters. The fourth-order valence-electron chi connectivity index (χ4n) is 1.23. The molecule has 2 rings (SSSR count). The van der Waals surface area contributed by atoms with Gasteiger partial charge in [0, 0.05) is 0 Å². The summed E-state index contributed by atoms with van der Waals surface area (Å²) in [5.74, 6) is 0.871. The Morgan fingerprint density at radius 3 is 3.00 bits per heavy atom. The molecular formula is C10H10INOS. The predicted octanol–water partition coefficient (Wildman–Crippen LogP) is 3.01. The molecule has 0 bridgehead atoms. The monoisotopic (exact) mass is 319 g/mol. The number of ether oxygens (including phenoxy) is 1. The molecule has 1 aliphatic rings. The molecule has 0 amide bonds. The first kappa shape index (κ1) is 10.2. The highest BCUT2D eigenvalue weighted by Gasteiger charge is 2.30. The van der Waals surface area contributed by atoms with Crippen molar-refractivity contribution in [2.75, 3.05) is 11.9 Å². The Hall–Kier alpha value is -0.360. The molecule has 0 saturated carbocycles. The summed E-state index contributed by atoms with van der Waals surface area (Å²) in [6.45, 7) is 2.67. The van der Waals surface area contributed by atoms with Gasteiger partial charge in [-0.2, -0.15) is 0 Å². The highest BCUT2D eigenvalue weighted by Crippen LogP contribution is 2.32. The number of hydrogen-bond acceptors (Lipinski definition) is 2. The first-order valence-electron chi connectivity index (χ1n) is 4.32. The zero-order valence-electron chi connectivity index (χ0n) is 7.71. The predicted molar refractivity (Wildman–Crippen MR) is 70.6 cm³/mol. The van der Waals surface area contributed by atoms with Crippen molar-refractivity contribution in [3.05, 3.63) is 24.3 Å². The summed E-state index contributed by atoms with van der Waals surface area (Å²) in [5.41, 5.74) is 0.956. The maximum atomic E-state index is 5.68. The lowest BCUT2D eigenvalue weighted by atomic mass is 10.2. The second-order valence-corrected chi connectivity index (χ2v) is 6.23. The van der Waals surface area contributed by atoms with Gasteiger partial charge in [-0.1, -0.05) is 46.9 Å². The van der Waals surface area contributed by atoms with Crippen LogP contribution in [-0.2, 0) is 0 Å². The zero-order valence-corrected chi connectivity index (χ0v) is 10.7. The minimum absolute atomic E-state index is 0.133. The Morgan fingerprint density at radius 2 is 2.21 bits per heavy atom. The van der Waals surface area contributed by atoms with Gasteiger partial charge in [-0.15, -0.1) is 0 Å². The van der Waals surface area contributed by atoms with Crippen LogP contribution in [0.5, 0.6) is 5.75 Å². The van der Waals surface area contributed by atoms with E-state index in [9.17, 15) is 0 Å². The van der Waals surface area contributed by atoms with Gasteiger partial charge >= 0.3 is 0 Å². The van der Waals surface area contributed by atoms with E-state index in [-0.39, 0.29) is 3.42 Å². The molecule has 0 aromatic heterocycles. The molecule has 0 fully saturated rings. The topological polar surface area (TPSA) is 21.3 Å². The largest absolute Gasteiger partial charge is 0.490 e. The lowest BCUT2D eigenvalue weighted by Crippen LogP contribution is -2.36. The van der Waals surface area contributed by atoms with Gasteiger partial charge in [0.15, 0.2) is 0 Å². The SMILES string of the molecule is CC1(I)COc2ccccc2NC1=S. The zero-order chi connectivity index (χ0) is 10.2. The lowest BCUT2D eigenvalue weighted by molar-refractivity contribution is 0.317. The number of hydrogen-bond donors (Lipinski definition) is 1. The van der Waals surface area contributed by atoms with E-state index in [1.54, 1.807) is 0 Å². The number of thiocarbonyl (C=S) groups is 1. The van der Waals surface area contributed by atoms with E-state index >= 15 is 0 Å². The Bertz CT molecular complexity index is 378. The lowest BCUT2D eigenvalue weighted by Gasteiger charge is -2.19. The van der Waals surface area contributed by atoms with Crippen LogP contribution in [0.25, 0.3) is 0 Å². The van der Waals surface area contributed by atoms with Crippen molar-refractivity contribution in [2.45, 2.75) is 10.3 Å². The number of halogens is 1. The molecule has 2 nitrogen and oxygen atoms in total. The third-order valence-electron chi connectivity index (χ3n) is 2.11. The molecule has 1 N–H and O–H groups in total. The average Bonchev–Trinajstić information content (AvgIpc) is 2.26. The molecule has 0 spiro atoms. The molecule has 1 atom stereocenters. The molecule has 14 heavy (non-hydrogen) atoms. The van der Waals surface area contributed by atoms with E-state index < -0.39 is 0 Å². The van der Waals surface area contributed by atoms with E-state index in [4.69, 9.17) is 17.0 Å². The molecule has 1 heterocycles. The minimum atomic E-state index is -0.133. The number of fused-ring (bicyclic) bond motifs is 1. The van der Waals surface area contributed by atoms with Crippen molar-refractivity contribution in [2.24, 2.45) is 0 Å². The fourth-order valence-corrected chi connectivity index (χ4v) is 1.69. The van der Waals surface area contributed by atoms with Crippen LogP contribution in [0.3, 0.4) is 0 Å². The summed E-state index contributed by atoms with van der Waals surface area (Å²) in [6.07, 6.45) is 0. The van der Waals surface area contributed by atoms with E-state index in [1.165, 1.54) is 0 Å². The maximum absolute atomic E-state index is 5.68. The summed E-state index contributed by atoms with van der Waals surface area (Å²) in [4.78, 5) is 0.822. The number of rotatable bonds is 0.